The van der Waals surface area contributed by atoms with Gasteiger partial charge in [-0.3, -0.25) is 0 Å². The predicted octanol–water partition coefficient (Wildman–Crippen LogP) is 3.86. The molecule has 0 bridgehead atoms. The van der Waals surface area contributed by atoms with Crippen molar-refractivity contribution in [2.45, 2.75) is 51.2 Å². The van der Waals surface area contributed by atoms with Gasteiger partial charge in [-0.2, -0.15) is 0 Å². The van der Waals surface area contributed by atoms with E-state index < -0.39 is 5.97 Å². The highest BCUT2D eigenvalue weighted by Gasteiger charge is 2.29. The quantitative estimate of drug-likeness (QED) is 0.674. The second-order valence-electron chi connectivity index (χ2n) is 7.48. The van der Waals surface area contributed by atoms with Crippen LogP contribution >= 0.6 is 0 Å². The van der Waals surface area contributed by atoms with Gasteiger partial charge in [-0.05, 0) is 31.9 Å². The zero-order valence-electron chi connectivity index (χ0n) is 16.4. The van der Waals surface area contributed by atoms with E-state index in [1.807, 2.05) is 28.8 Å². The molecule has 2 heterocycles. The maximum Gasteiger partial charge on any atom is 0.344 e. The van der Waals surface area contributed by atoms with Crippen molar-refractivity contribution >= 4 is 34.0 Å². The van der Waals surface area contributed by atoms with E-state index in [4.69, 9.17) is 25.2 Å². The molecule has 1 aromatic carbocycles. The molecule has 0 radical (unpaired) electrons. The van der Waals surface area contributed by atoms with E-state index in [0.717, 1.165) is 36.7 Å². The first-order valence-corrected chi connectivity index (χ1v) is 9.86. The van der Waals surface area contributed by atoms with Gasteiger partial charge in [0.15, 0.2) is 5.65 Å². The molecule has 28 heavy (non-hydrogen) atoms. The molecule has 1 atom stereocenters. The van der Waals surface area contributed by atoms with Crippen LogP contribution in [0.3, 0.4) is 0 Å². The van der Waals surface area contributed by atoms with E-state index in [2.05, 4.69) is 0 Å². The SMILES string of the molecule is COC[C@@H](C)OC(=O)c1c(N)n(C2CCCCC2)c2nc3ccccc3nc12. The van der Waals surface area contributed by atoms with Crippen molar-refractivity contribution in [3.8, 4) is 0 Å². The Bertz CT molecular complexity index is 1010. The topological polar surface area (TPSA) is 92.3 Å². The van der Waals surface area contributed by atoms with Gasteiger partial charge >= 0.3 is 5.97 Å². The van der Waals surface area contributed by atoms with E-state index in [-0.39, 0.29) is 12.1 Å². The maximum atomic E-state index is 13.0. The van der Waals surface area contributed by atoms with Gasteiger partial charge in [0.25, 0.3) is 0 Å². The summed E-state index contributed by atoms with van der Waals surface area (Å²) in [5.41, 5.74) is 9.51. The Morgan fingerprint density at radius 2 is 1.89 bits per heavy atom. The van der Waals surface area contributed by atoms with Gasteiger partial charge in [0, 0.05) is 13.2 Å². The van der Waals surface area contributed by atoms with Crippen molar-refractivity contribution in [2.75, 3.05) is 19.5 Å². The molecule has 0 unspecified atom stereocenters. The molecule has 0 spiro atoms. The molecule has 1 saturated carbocycles. The van der Waals surface area contributed by atoms with Gasteiger partial charge in [0.05, 0.1) is 17.6 Å². The molecule has 2 N–H and O–H groups in total. The molecule has 0 saturated heterocycles. The number of benzene rings is 1. The summed E-state index contributed by atoms with van der Waals surface area (Å²) in [5, 5.41) is 0. The lowest BCUT2D eigenvalue weighted by molar-refractivity contribution is 0.0123. The van der Waals surface area contributed by atoms with E-state index in [9.17, 15) is 4.79 Å². The van der Waals surface area contributed by atoms with E-state index in [0.29, 0.717) is 29.2 Å². The smallest absolute Gasteiger partial charge is 0.344 e. The number of nitrogen functional groups attached to an aromatic ring is 1. The highest BCUT2D eigenvalue weighted by atomic mass is 16.6. The fourth-order valence-corrected chi connectivity index (χ4v) is 4.10. The normalized spacial score (nSPS) is 16.5. The average Bonchev–Trinajstić information content (AvgIpc) is 2.97. The van der Waals surface area contributed by atoms with Crippen LogP contribution in [0.1, 0.15) is 55.4 Å². The number of fused-ring (bicyclic) bond motifs is 2. The molecule has 1 aliphatic rings. The van der Waals surface area contributed by atoms with Crippen LogP contribution in [0.25, 0.3) is 22.2 Å². The highest BCUT2D eigenvalue weighted by molar-refractivity contribution is 6.08. The number of rotatable bonds is 5. The average molecular weight is 382 g/mol. The zero-order chi connectivity index (χ0) is 19.7. The minimum Gasteiger partial charge on any atom is -0.456 e. The number of para-hydroxylation sites is 2. The molecule has 7 heteroatoms. The molecule has 0 aliphatic heterocycles. The zero-order valence-corrected chi connectivity index (χ0v) is 16.4. The minimum absolute atomic E-state index is 0.227. The Kier molecular flexibility index (Phi) is 5.17. The molecule has 148 valence electrons. The van der Waals surface area contributed by atoms with Gasteiger partial charge < -0.3 is 19.8 Å². The number of hydrogen-bond acceptors (Lipinski definition) is 6. The number of esters is 1. The molecular weight excluding hydrogens is 356 g/mol. The van der Waals surface area contributed by atoms with Crippen LogP contribution in [0.2, 0.25) is 0 Å². The number of ether oxygens (including phenoxy) is 2. The van der Waals surface area contributed by atoms with E-state index in [1.54, 1.807) is 14.0 Å². The van der Waals surface area contributed by atoms with Crippen molar-refractivity contribution < 1.29 is 14.3 Å². The summed E-state index contributed by atoms with van der Waals surface area (Å²) in [4.78, 5) is 22.5. The third-order valence-corrected chi connectivity index (χ3v) is 5.39. The molecule has 1 fully saturated rings. The standard InChI is InChI=1S/C21H26N4O3/c1-13(12-27-2)28-21(26)17-18-20(24-16-11-7-6-10-15(16)23-18)25(19(17)22)14-8-4-3-5-9-14/h6-7,10-11,13-14H,3-5,8-9,12,22H2,1-2H3/t13-/m1/s1. The number of nitrogens with two attached hydrogens (primary N) is 1. The first kappa shape index (κ1) is 18.7. The minimum atomic E-state index is -0.480. The molecule has 0 amide bonds. The van der Waals surface area contributed by atoms with Gasteiger partial charge in [-0.1, -0.05) is 31.4 Å². The van der Waals surface area contributed by atoms with Crippen molar-refractivity contribution in [2.24, 2.45) is 0 Å². The second-order valence-corrected chi connectivity index (χ2v) is 7.48. The van der Waals surface area contributed by atoms with Crippen LogP contribution in [0.15, 0.2) is 24.3 Å². The largest absolute Gasteiger partial charge is 0.456 e. The van der Waals surface area contributed by atoms with Crippen LogP contribution in [0.5, 0.6) is 0 Å². The fourth-order valence-electron chi connectivity index (χ4n) is 4.10. The molecule has 4 rings (SSSR count). The number of methoxy groups -OCH3 is 1. The monoisotopic (exact) mass is 382 g/mol. The lowest BCUT2D eigenvalue weighted by Gasteiger charge is -2.25. The molecular formula is C21H26N4O3. The van der Waals surface area contributed by atoms with E-state index in [1.165, 1.54) is 6.42 Å². The summed E-state index contributed by atoms with van der Waals surface area (Å²) in [6.45, 7) is 2.11. The van der Waals surface area contributed by atoms with Gasteiger partial charge in [-0.25, -0.2) is 14.8 Å². The molecule has 2 aromatic heterocycles. The molecule has 1 aliphatic carbocycles. The van der Waals surface area contributed by atoms with Crippen LogP contribution in [-0.4, -0.2) is 40.3 Å². The summed E-state index contributed by atoms with van der Waals surface area (Å²) < 4.78 is 12.6. The fraction of sp³-hybridized carbons (Fsp3) is 0.476. The van der Waals surface area contributed by atoms with Crippen LogP contribution in [-0.2, 0) is 9.47 Å². The van der Waals surface area contributed by atoms with Crippen molar-refractivity contribution in [1.82, 2.24) is 14.5 Å². The van der Waals surface area contributed by atoms with Crippen molar-refractivity contribution in [1.29, 1.82) is 0 Å². The van der Waals surface area contributed by atoms with Gasteiger partial charge in [0.2, 0.25) is 0 Å². The Morgan fingerprint density at radius 3 is 2.57 bits per heavy atom. The van der Waals surface area contributed by atoms with Gasteiger partial charge in [0.1, 0.15) is 23.0 Å². The lowest BCUT2D eigenvalue weighted by Crippen LogP contribution is -2.21. The Morgan fingerprint density at radius 1 is 1.21 bits per heavy atom. The predicted molar refractivity (Wildman–Crippen MR) is 108 cm³/mol. The van der Waals surface area contributed by atoms with Crippen molar-refractivity contribution in [3.63, 3.8) is 0 Å². The van der Waals surface area contributed by atoms with E-state index >= 15 is 0 Å². The Hall–Kier alpha value is -2.67. The maximum absolute atomic E-state index is 13.0. The Balaban J connectivity index is 1.88. The van der Waals surface area contributed by atoms with Crippen LogP contribution < -0.4 is 5.73 Å². The summed E-state index contributed by atoms with van der Waals surface area (Å²) >= 11 is 0. The summed E-state index contributed by atoms with van der Waals surface area (Å²) in [6, 6.07) is 7.88. The first-order chi connectivity index (χ1) is 13.6. The first-order valence-electron chi connectivity index (χ1n) is 9.86. The van der Waals surface area contributed by atoms with Crippen LogP contribution in [0.4, 0.5) is 5.82 Å². The van der Waals surface area contributed by atoms with Crippen molar-refractivity contribution in [3.05, 3.63) is 29.8 Å². The highest BCUT2D eigenvalue weighted by Crippen LogP contribution is 2.37. The Labute approximate surface area is 163 Å². The second kappa shape index (κ2) is 7.75. The third-order valence-electron chi connectivity index (χ3n) is 5.39. The number of hydrogen-bond donors (Lipinski definition) is 1. The number of aromatic nitrogens is 3. The molecule has 3 aromatic rings. The lowest BCUT2D eigenvalue weighted by atomic mass is 9.95. The van der Waals surface area contributed by atoms with Gasteiger partial charge in [-0.15, -0.1) is 0 Å². The summed E-state index contributed by atoms with van der Waals surface area (Å²) in [7, 11) is 1.57. The third kappa shape index (κ3) is 3.30. The number of anilines is 1. The number of carbonyl (C=O) groups excluding carboxylic acids is 1. The number of nitrogens with zero attached hydrogens (tertiary/aromatic N) is 3. The molecule has 7 nitrogen and oxygen atoms in total. The van der Waals surface area contributed by atoms with Crippen LogP contribution in [0, 0.1) is 0 Å². The number of carbonyl (C=O) groups is 1. The summed E-state index contributed by atoms with van der Waals surface area (Å²) in [6.07, 6.45) is 5.20. The summed E-state index contributed by atoms with van der Waals surface area (Å²) in [5.74, 6) is -0.0852.